The molecule has 1 amide bonds. The van der Waals surface area contributed by atoms with Gasteiger partial charge in [-0.2, -0.15) is 0 Å². The molecule has 1 heterocycles. The maximum absolute atomic E-state index is 11.8. The zero-order valence-electron chi connectivity index (χ0n) is 21.4. The molecule has 0 aliphatic carbocycles. The summed E-state index contributed by atoms with van der Waals surface area (Å²) >= 11 is 7.57. The number of nitrogens with two attached hydrogens (primary N) is 1. The van der Waals surface area contributed by atoms with Crippen molar-refractivity contribution in [3.8, 4) is 5.75 Å². The lowest BCUT2D eigenvalue weighted by molar-refractivity contribution is -0.931. The lowest BCUT2D eigenvalue weighted by Crippen LogP contribution is -2.57. The fourth-order valence-corrected chi connectivity index (χ4v) is 6.05. The number of aromatic nitrogens is 1. The maximum atomic E-state index is 11.8. The van der Waals surface area contributed by atoms with E-state index < -0.39 is 0 Å². The molecule has 0 aliphatic heterocycles. The number of nitrogens with one attached hydrogen (secondary N) is 2. The summed E-state index contributed by atoms with van der Waals surface area (Å²) in [7, 11) is 0. The van der Waals surface area contributed by atoms with Gasteiger partial charge in [-0.15, -0.1) is 0 Å². The van der Waals surface area contributed by atoms with E-state index in [1.165, 1.54) is 0 Å². The van der Waals surface area contributed by atoms with Gasteiger partial charge < -0.3 is 25.6 Å². The van der Waals surface area contributed by atoms with Crippen molar-refractivity contribution in [3.05, 3.63) is 62.2 Å². The minimum absolute atomic E-state index is 0.0709. The second kappa shape index (κ2) is 12.2. The first-order valence-corrected chi connectivity index (χ1v) is 13.6. The number of hydrogen-bond donors (Lipinski definition) is 4. The highest BCUT2D eigenvalue weighted by atomic mass is 35.5. The molecule has 3 rings (SSSR count). The van der Waals surface area contributed by atoms with Gasteiger partial charge in [-0.3, -0.25) is 9.59 Å². The summed E-state index contributed by atoms with van der Waals surface area (Å²) in [6, 6.07) is 11.4. The zero-order valence-corrected chi connectivity index (χ0v) is 23.0. The van der Waals surface area contributed by atoms with Crippen LogP contribution in [-0.4, -0.2) is 59.7 Å². The summed E-state index contributed by atoms with van der Waals surface area (Å²) in [5, 5.41) is 14.3. The van der Waals surface area contributed by atoms with E-state index in [-0.39, 0.29) is 21.9 Å². The number of hydrogen-bond acceptors (Lipinski definition) is 5. The quantitative estimate of drug-likeness (QED) is 0.196. The van der Waals surface area contributed by atoms with Crippen LogP contribution in [0.25, 0.3) is 10.2 Å². The molecule has 1 aromatic heterocycles. The number of aromatic amines is 1. The lowest BCUT2D eigenvalue weighted by atomic mass is 9.93. The molecule has 196 valence electrons. The molecule has 3 aromatic rings. The highest BCUT2D eigenvalue weighted by Crippen LogP contribution is 2.28. The van der Waals surface area contributed by atoms with Gasteiger partial charge in [-0.1, -0.05) is 68.0 Å². The monoisotopic (exact) mass is 533 g/mol. The standard InChI is InChI=1S/C27H37ClN4O3S/c1-27(2,3)18-32(16-12-23(29)34,15-11-19-6-4-5-7-21(19)28)17-14-30-13-10-20-8-9-22(33)24-25(20)36-26(35)31-24/h4-9,30H,10-18H2,1-3H3,(H3-,29,31,33,34,35)/p+1. The average molecular weight is 534 g/mol. The summed E-state index contributed by atoms with van der Waals surface area (Å²) in [5.41, 5.74) is 8.29. The molecular weight excluding hydrogens is 496 g/mol. The highest BCUT2D eigenvalue weighted by molar-refractivity contribution is 7.16. The molecule has 36 heavy (non-hydrogen) atoms. The smallest absolute Gasteiger partial charge is 0.305 e. The number of carbonyl (C=O) groups is 1. The number of phenols is 1. The molecule has 5 N–H and O–H groups in total. The van der Waals surface area contributed by atoms with Crippen molar-refractivity contribution >= 4 is 39.1 Å². The second-order valence-electron chi connectivity index (χ2n) is 10.8. The van der Waals surface area contributed by atoms with E-state index in [9.17, 15) is 14.7 Å². The summed E-state index contributed by atoms with van der Waals surface area (Å²) in [5.74, 6) is -0.184. The van der Waals surface area contributed by atoms with E-state index in [4.69, 9.17) is 17.3 Å². The fourth-order valence-electron chi connectivity index (χ4n) is 4.92. The fraction of sp³-hybridized carbons (Fsp3) is 0.481. The van der Waals surface area contributed by atoms with Crippen LogP contribution in [0.5, 0.6) is 5.75 Å². The SMILES string of the molecule is CC(C)(C)C[N+](CCNCCc1ccc(O)c2[nH]c(=O)sc12)(CCC(N)=O)CCc1ccccc1Cl. The largest absolute Gasteiger partial charge is 0.506 e. The lowest BCUT2D eigenvalue weighted by Gasteiger charge is -2.43. The number of carbonyl (C=O) groups excluding carboxylic acids is 1. The van der Waals surface area contributed by atoms with E-state index in [1.807, 2.05) is 24.3 Å². The zero-order chi connectivity index (χ0) is 26.3. The van der Waals surface area contributed by atoms with Gasteiger partial charge in [0.25, 0.3) is 0 Å². The minimum atomic E-state index is -0.279. The van der Waals surface area contributed by atoms with Gasteiger partial charge in [-0.25, -0.2) is 0 Å². The van der Waals surface area contributed by atoms with Crippen LogP contribution in [0.15, 0.2) is 41.2 Å². The van der Waals surface area contributed by atoms with E-state index in [1.54, 1.807) is 6.07 Å². The van der Waals surface area contributed by atoms with E-state index in [2.05, 4.69) is 37.1 Å². The summed E-state index contributed by atoms with van der Waals surface area (Å²) in [6.45, 7) is 11.5. The summed E-state index contributed by atoms with van der Waals surface area (Å²) in [4.78, 5) is 26.1. The molecule has 1 unspecified atom stereocenters. The van der Waals surface area contributed by atoms with Gasteiger partial charge in [0.05, 0.1) is 37.3 Å². The Morgan fingerprint density at radius 3 is 2.53 bits per heavy atom. The van der Waals surface area contributed by atoms with Crippen LogP contribution in [0.1, 0.15) is 38.3 Å². The summed E-state index contributed by atoms with van der Waals surface area (Å²) in [6.07, 6.45) is 1.91. The van der Waals surface area contributed by atoms with E-state index in [0.717, 1.165) is 82.2 Å². The molecule has 0 spiro atoms. The number of aromatic hydroxyl groups is 1. The second-order valence-corrected chi connectivity index (χ2v) is 12.1. The van der Waals surface area contributed by atoms with Crippen LogP contribution in [0.3, 0.4) is 0 Å². The van der Waals surface area contributed by atoms with Crippen LogP contribution in [-0.2, 0) is 17.6 Å². The van der Waals surface area contributed by atoms with Gasteiger partial charge in [0.15, 0.2) is 0 Å². The van der Waals surface area contributed by atoms with Crippen LogP contribution in [0.4, 0.5) is 0 Å². The third-order valence-corrected chi connectivity index (χ3v) is 7.76. The van der Waals surface area contributed by atoms with E-state index >= 15 is 0 Å². The van der Waals surface area contributed by atoms with Crippen LogP contribution in [0.2, 0.25) is 5.02 Å². The number of fused-ring (bicyclic) bond motifs is 1. The van der Waals surface area contributed by atoms with Crippen molar-refractivity contribution in [3.63, 3.8) is 0 Å². The van der Waals surface area contributed by atoms with Crippen LogP contribution in [0, 0.1) is 5.41 Å². The van der Waals surface area contributed by atoms with Crippen molar-refractivity contribution in [2.75, 3.05) is 39.3 Å². The molecule has 0 saturated heterocycles. The van der Waals surface area contributed by atoms with Crippen molar-refractivity contribution in [2.24, 2.45) is 11.1 Å². The first-order chi connectivity index (χ1) is 17.0. The first kappa shape index (κ1) is 28.2. The van der Waals surface area contributed by atoms with Crippen molar-refractivity contribution in [1.82, 2.24) is 10.3 Å². The van der Waals surface area contributed by atoms with Gasteiger partial charge in [0.1, 0.15) is 11.3 Å². The van der Waals surface area contributed by atoms with Gasteiger partial charge >= 0.3 is 4.87 Å². The Balaban J connectivity index is 1.68. The van der Waals surface area contributed by atoms with Crippen LogP contribution < -0.4 is 15.9 Å². The molecule has 2 aromatic carbocycles. The molecule has 0 radical (unpaired) electrons. The van der Waals surface area contributed by atoms with Crippen LogP contribution >= 0.6 is 22.9 Å². The Morgan fingerprint density at radius 2 is 1.83 bits per heavy atom. The number of benzene rings is 2. The Bertz CT molecular complexity index is 1230. The highest BCUT2D eigenvalue weighted by Gasteiger charge is 2.33. The number of rotatable bonds is 13. The van der Waals surface area contributed by atoms with Gasteiger partial charge in [0.2, 0.25) is 5.91 Å². The molecule has 1 atom stereocenters. The Kier molecular flexibility index (Phi) is 9.58. The predicted octanol–water partition coefficient (Wildman–Crippen LogP) is 4.06. The maximum Gasteiger partial charge on any atom is 0.305 e. The number of phenolic OH excluding ortho intramolecular Hbond substituents is 1. The number of primary amides is 1. The third kappa shape index (κ3) is 8.06. The Labute approximate surface area is 221 Å². The van der Waals surface area contributed by atoms with Crippen molar-refractivity contribution in [2.45, 2.75) is 40.0 Å². The molecule has 0 fully saturated rings. The normalized spacial score (nSPS) is 13.7. The number of quaternary nitrogens is 1. The molecule has 9 heteroatoms. The molecular formula is C27H38ClN4O3S+. The minimum Gasteiger partial charge on any atom is -0.506 e. The number of thiazole rings is 1. The van der Waals surface area contributed by atoms with E-state index in [0.29, 0.717) is 18.5 Å². The first-order valence-electron chi connectivity index (χ1n) is 12.4. The van der Waals surface area contributed by atoms with Crippen molar-refractivity contribution < 1.29 is 14.4 Å². The third-order valence-electron chi connectivity index (χ3n) is 6.43. The number of halogens is 1. The van der Waals surface area contributed by atoms with Crippen molar-refractivity contribution in [1.29, 1.82) is 0 Å². The van der Waals surface area contributed by atoms with Gasteiger partial charge in [-0.05, 0) is 36.2 Å². The number of H-pyrrole nitrogens is 1. The Hall–Kier alpha value is -2.39. The molecule has 0 aliphatic rings. The van der Waals surface area contributed by atoms with Gasteiger partial charge in [0, 0.05) is 23.4 Å². The topological polar surface area (TPSA) is 108 Å². The molecule has 0 saturated carbocycles. The molecule has 0 bridgehead atoms. The number of amides is 1. The molecule has 7 nitrogen and oxygen atoms in total. The predicted molar refractivity (Wildman–Crippen MR) is 149 cm³/mol. The number of nitrogens with zero attached hydrogens (tertiary/aromatic N) is 1. The Morgan fingerprint density at radius 1 is 1.08 bits per heavy atom. The summed E-state index contributed by atoms with van der Waals surface area (Å²) < 4.78 is 1.58. The average Bonchev–Trinajstić information content (AvgIpc) is 3.20.